The number of carbonyl (C=O) groups excluding carboxylic acids is 1. The van der Waals surface area contributed by atoms with Gasteiger partial charge in [0.05, 0.1) is 16.4 Å². The number of pyridine rings is 1. The van der Waals surface area contributed by atoms with Crippen molar-refractivity contribution in [3.8, 4) is 0 Å². The Balaban J connectivity index is 1.44. The molecule has 1 atom stereocenters. The van der Waals surface area contributed by atoms with E-state index in [0.717, 1.165) is 46.6 Å². The summed E-state index contributed by atoms with van der Waals surface area (Å²) < 4.78 is 0. The quantitative estimate of drug-likeness (QED) is 0.628. The summed E-state index contributed by atoms with van der Waals surface area (Å²) in [4.78, 5) is 32.3. The van der Waals surface area contributed by atoms with Crippen LogP contribution in [0.3, 0.4) is 0 Å². The number of aryl methyl sites for hydroxylation is 3. The third-order valence-electron chi connectivity index (χ3n) is 5.07. The second-order valence-corrected chi connectivity index (χ2v) is 8.48. The highest BCUT2D eigenvalue weighted by Gasteiger charge is 2.27. The first-order chi connectivity index (χ1) is 14.5. The number of amides is 1. The van der Waals surface area contributed by atoms with Gasteiger partial charge in [-0.2, -0.15) is 0 Å². The molecule has 0 aromatic carbocycles. The molecule has 3 aromatic heterocycles. The maximum atomic E-state index is 12.6. The van der Waals surface area contributed by atoms with Gasteiger partial charge in [-0.1, -0.05) is 6.07 Å². The van der Waals surface area contributed by atoms with Gasteiger partial charge in [-0.3, -0.25) is 4.79 Å². The second kappa shape index (κ2) is 8.71. The molecule has 0 bridgehead atoms. The van der Waals surface area contributed by atoms with Crippen molar-refractivity contribution in [3.63, 3.8) is 0 Å². The minimum Gasteiger partial charge on any atom is -0.338 e. The van der Waals surface area contributed by atoms with E-state index in [9.17, 15) is 4.79 Å². The van der Waals surface area contributed by atoms with Gasteiger partial charge in [0.2, 0.25) is 5.91 Å². The molecule has 1 saturated heterocycles. The van der Waals surface area contributed by atoms with Crippen molar-refractivity contribution >= 4 is 35.0 Å². The van der Waals surface area contributed by atoms with Crippen LogP contribution in [0.1, 0.15) is 40.1 Å². The summed E-state index contributed by atoms with van der Waals surface area (Å²) in [5.41, 5.74) is 2.83. The predicted octanol–water partition coefficient (Wildman–Crippen LogP) is 4.03. The van der Waals surface area contributed by atoms with Gasteiger partial charge in [0.25, 0.3) is 0 Å². The molecule has 1 aliphatic rings. The van der Waals surface area contributed by atoms with Crippen LogP contribution in [0.2, 0.25) is 0 Å². The van der Waals surface area contributed by atoms with Crippen LogP contribution in [-0.4, -0.2) is 43.8 Å². The Bertz CT molecular complexity index is 1090. The molecular formula is C22H24N6OS. The van der Waals surface area contributed by atoms with Crippen molar-refractivity contribution < 1.29 is 4.79 Å². The summed E-state index contributed by atoms with van der Waals surface area (Å²) in [6, 6.07) is 5.88. The lowest BCUT2D eigenvalue weighted by atomic mass is 10.0. The first-order valence-corrected chi connectivity index (χ1v) is 10.8. The number of thiazole rings is 1. The number of carbonyl (C=O) groups is 1. The molecule has 4 heterocycles. The van der Waals surface area contributed by atoms with E-state index < -0.39 is 0 Å². The second-order valence-electron chi connectivity index (χ2n) is 7.41. The molecule has 8 heteroatoms. The minimum atomic E-state index is 0.0105. The van der Waals surface area contributed by atoms with Gasteiger partial charge >= 0.3 is 0 Å². The smallest absolute Gasteiger partial charge is 0.246 e. The van der Waals surface area contributed by atoms with Gasteiger partial charge in [0, 0.05) is 42.7 Å². The van der Waals surface area contributed by atoms with Crippen LogP contribution >= 0.6 is 11.3 Å². The van der Waals surface area contributed by atoms with Crippen LogP contribution in [0.4, 0.5) is 11.6 Å². The number of aromatic nitrogens is 4. The van der Waals surface area contributed by atoms with E-state index in [-0.39, 0.29) is 11.8 Å². The Morgan fingerprint density at radius 2 is 2.13 bits per heavy atom. The van der Waals surface area contributed by atoms with Gasteiger partial charge in [-0.05, 0) is 44.9 Å². The molecule has 1 amide bonds. The van der Waals surface area contributed by atoms with Crippen molar-refractivity contribution in [3.05, 3.63) is 63.6 Å². The van der Waals surface area contributed by atoms with Gasteiger partial charge in [-0.15, -0.1) is 11.3 Å². The number of anilines is 2. The van der Waals surface area contributed by atoms with Crippen molar-refractivity contribution in [2.24, 2.45) is 0 Å². The number of hydrogen-bond acceptors (Lipinski definition) is 7. The summed E-state index contributed by atoms with van der Waals surface area (Å²) in [5.74, 6) is 2.41. The zero-order chi connectivity index (χ0) is 21.1. The van der Waals surface area contributed by atoms with Crippen LogP contribution in [0.15, 0.2) is 35.9 Å². The lowest BCUT2D eigenvalue weighted by Crippen LogP contribution is -2.26. The van der Waals surface area contributed by atoms with E-state index in [2.05, 4.69) is 25.3 Å². The van der Waals surface area contributed by atoms with E-state index in [1.54, 1.807) is 29.7 Å². The van der Waals surface area contributed by atoms with Gasteiger partial charge in [0.1, 0.15) is 17.5 Å². The first-order valence-electron chi connectivity index (χ1n) is 9.91. The molecule has 1 unspecified atom stereocenters. The van der Waals surface area contributed by atoms with Crippen LogP contribution in [-0.2, 0) is 4.79 Å². The maximum Gasteiger partial charge on any atom is 0.246 e. The molecule has 7 nitrogen and oxygen atoms in total. The highest BCUT2D eigenvalue weighted by atomic mass is 32.1. The number of hydrogen-bond donors (Lipinski definition) is 1. The number of rotatable bonds is 5. The zero-order valence-electron chi connectivity index (χ0n) is 17.3. The van der Waals surface area contributed by atoms with Crippen LogP contribution in [0, 0.1) is 20.8 Å². The average molecular weight is 421 g/mol. The highest BCUT2D eigenvalue weighted by molar-refractivity contribution is 7.09. The third kappa shape index (κ3) is 4.71. The standard InChI is InChI=1S/C22H24N6OS/c1-14-5-4-9-23-22(14)27-20-11-19(24-15(2)25-20)17-8-10-28(12-17)21(29)7-6-18-13-30-16(3)26-18/h4-7,9,11,13,17H,8,10,12H2,1-3H3,(H,23,24,25,27)/b7-6+. The Hall–Kier alpha value is -3.13. The summed E-state index contributed by atoms with van der Waals surface area (Å²) in [5, 5.41) is 6.24. The highest BCUT2D eigenvalue weighted by Crippen LogP contribution is 2.28. The SMILES string of the molecule is Cc1nc(Nc2ncccc2C)cc(C2CCN(C(=O)/C=C/c3csc(C)n3)C2)n1. The Morgan fingerprint density at radius 3 is 2.90 bits per heavy atom. The lowest BCUT2D eigenvalue weighted by molar-refractivity contribution is -0.124. The van der Waals surface area contributed by atoms with E-state index in [0.29, 0.717) is 12.4 Å². The monoisotopic (exact) mass is 420 g/mol. The van der Waals surface area contributed by atoms with E-state index in [1.807, 2.05) is 49.3 Å². The van der Waals surface area contributed by atoms with Gasteiger partial charge in [-0.25, -0.2) is 19.9 Å². The molecule has 0 spiro atoms. The van der Waals surface area contributed by atoms with E-state index >= 15 is 0 Å². The van der Waals surface area contributed by atoms with Crippen molar-refractivity contribution in [2.45, 2.75) is 33.1 Å². The predicted molar refractivity (Wildman–Crippen MR) is 119 cm³/mol. The Morgan fingerprint density at radius 1 is 1.27 bits per heavy atom. The number of nitrogens with zero attached hydrogens (tertiary/aromatic N) is 5. The van der Waals surface area contributed by atoms with Gasteiger partial charge < -0.3 is 10.2 Å². The summed E-state index contributed by atoms with van der Waals surface area (Å²) in [7, 11) is 0. The number of likely N-dealkylation sites (tertiary alicyclic amines) is 1. The molecule has 154 valence electrons. The topological polar surface area (TPSA) is 83.9 Å². The molecular weight excluding hydrogens is 396 g/mol. The fourth-order valence-corrected chi connectivity index (χ4v) is 4.10. The molecule has 4 rings (SSSR count). The molecule has 0 aliphatic carbocycles. The van der Waals surface area contributed by atoms with E-state index in [4.69, 9.17) is 0 Å². The molecule has 30 heavy (non-hydrogen) atoms. The van der Waals surface area contributed by atoms with Crippen molar-refractivity contribution in [1.29, 1.82) is 0 Å². The molecule has 3 aromatic rings. The fraction of sp³-hybridized carbons (Fsp3) is 0.318. The number of nitrogens with one attached hydrogen (secondary N) is 1. The van der Waals surface area contributed by atoms with Crippen LogP contribution in [0.25, 0.3) is 6.08 Å². The van der Waals surface area contributed by atoms with Crippen molar-refractivity contribution in [1.82, 2.24) is 24.8 Å². The molecule has 1 N–H and O–H groups in total. The molecule has 1 aliphatic heterocycles. The van der Waals surface area contributed by atoms with E-state index in [1.165, 1.54) is 0 Å². The Kier molecular flexibility index (Phi) is 5.85. The van der Waals surface area contributed by atoms with Crippen LogP contribution < -0.4 is 5.32 Å². The summed E-state index contributed by atoms with van der Waals surface area (Å²) in [6.45, 7) is 7.21. The summed E-state index contributed by atoms with van der Waals surface area (Å²) >= 11 is 1.58. The zero-order valence-corrected chi connectivity index (χ0v) is 18.1. The maximum absolute atomic E-state index is 12.6. The Labute approximate surface area is 179 Å². The normalized spacial score (nSPS) is 16.4. The molecule has 0 saturated carbocycles. The fourth-order valence-electron chi connectivity index (χ4n) is 3.52. The van der Waals surface area contributed by atoms with Crippen molar-refractivity contribution in [2.75, 3.05) is 18.4 Å². The van der Waals surface area contributed by atoms with Crippen LogP contribution in [0.5, 0.6) is 0 Å². The first kappa shape index (κ1) is 20.2. The lowest BCUT2D eigenvalue weighted by Gasteiger charge is -2.15. The van der Waals surface area contributed by atoms with Gasteiger partial charge in [0.15, 0.2) is 0 Å². The average Bonchev–Trinajstić information content (AvgIpc) is 3.37. The third-order valence-corrected chi connectivity index (χ3v) is 5.86. The molecule has 1 fully saturated rings. The summed E-state index contributed by atoms with van der Waals surface area (Å²) in [6.07, 6.45) is 6.03. The minimum absolute atomic E-state index is 0.0105. The largest absolute Gasteiger partial charge is 0.338 e. The molecule has 0 radical (unpaired) electrons.